The third-order valence-corrected chi connectivity index (χ3v) is 2.34. The molecule has 0 saturated heterocycles. The molecule has 0 amide bonds. The molecule has 0 aliphatic heterocycles. The summed E-state index contributed by atoms with van der Waals surface area (Å²) in [4.78, 5) is 2.18. The van der Waals surface area contributed by atoms with E-state index in [-0.39, 0.29) is 12.1 Å². The van der Waals surface area contributed by atoms with E-state index in [4.69, 9.17) is 11.5 Å². The molecule has 3 heteroatoms. The summed E-state index contributed by atoms with van der Waals surface area (Å²) >= 11 is 0. The molecule has 0 spiro atoms. The summed E-state index contributed by atoms with van der Waals surface area (Å²) in [6.45, 7) is 5.29. The number of hydrogen-bond donors (Lipinski definition) is 2. The molecule has 3 atom stereocenters. The first-order valence-electron chi connectivity index (χ1n) is 5.09. The van der Waals surface area contributed by atoms with Gasteiger partial charge in [0.05, 0.1) is 0 Å². The van der Waals surface area contributed by atoms with Crippen LogP contribution in [0, 0.1) is 5.92 Å². The zero-order valence-electron chi connectivity index (χ0n) is 9.46. The average molecular weight is 187 g/mol. The van der Waals surface area contributed by atoms with E-state index < -0.39 is 0 Å². The van der Waals surface area contributed by atoms with Crippen molar-refractivity contribution in [1.29, 1.82) is 0 Å². The highest BCUT2D eigenvalue weighted by molar-refractivity contribution is 4.72. The van der Waals surface area contributed by atoms with Crippen molar-refractivity contribution in [2.45, 2.75) is 38.8 Å². The lowest BCUT2D eigenvalue weighted by atomic mass is 9.96. The van der Waals surface area contributed by atoms with Gasteiger partial charge in [0.1, 0.15) is 0 Å². The Morgan fingerprint density at radius 2 is 1.62 bits per heavy atom. The van der Waals surface area contributed by atoms with E-state index in [2.05, 4.69) is 25.9 Å². The van der Waals surface area contributed by atoms with E-state index in [1.807, 2.05) is 6.92 Å². The summed E-state index contributed by atoms with van der Waals surface area (Å²) in [6.07, 6.45) is 2.06. The molecule has 0 heterocycles. The summed E-state index contributed by atoms with van der Waals surface area (Å²) < 4.78 is 0. The molecular formula is C10H25N3. The maximum absolute atomic E-state index is 6.03. The van der Waals surface area contributed by atoms with Crippen molar-refractivity contribution >= 4 is 0 Å². The Hall–Kier alpha value is -0.120. The molecule has 0 rings (SSSR count). The van der Waals surface area contributed by atoms with Crippen LogP contribution in [0.25, 0.3) is 0 Å². The van der Waals surface area contributed by atoms with Gasteiger partial charge in [-0.2, -0.15) is 0 Å². The van der Waals surface area contributed by atoms with Gasteiger partial charge in [0, 0.05) is 18.6 Å². The third kappa shape index (κ3) is 6.99. The minimum atomic E-state index is 0.276. The molecule has 0 aromatic carbocycles. The Bertz CT molecular complexity index is 123. The Kier molecular flexibility index (Phi) is 6.29. The van der Waals surface area contributed by atoms with Crippen molar-refractivity contribution in [3.63, 3.8) is 0 Å². The van der Waals surface area contributed by atoms with Crippen molar-refractivity contribution in [3.8, 4) is 0 Å². The standard InChI is InChI=1S/C10H25N3/c1-8(7-13(3)4)10(12)6-5-9(2)11/h8-10H,5-7,11-12H2,1-4H3. The van der Waals surface area contributed by atoms with Crippen molar-refractivity contribution in [2.75, 3.05) is 20.6 Å². The van der Waals surface area contributed by atoms with Crippen molar-refractivity contribution < 1.29 is 0 Å². The minimum absolute atomic E-state index is 0.276. The van der Waals surface area contributed by atoms with Crippen LogP contribution in [0.4, 0.5) is 0 Å². The van der Waals surface area contributed by atoms with Gasteiger partial charge in [-0.3, -0.25) is 0 Å². The molecule has 3 unspecified atom stereocenters. The predicted molar refractivity (Wildman–Crippen MR) is 58.6 cm³/mol. The fourth-order valence-corrected chi connectivity index (χ4v) is 1.45. The van der Waals surface area contributed by atoms with E-state index in [0.29, 0.717) is 5.92 Å². The molecule has 0 aliphatic rings. The van der Waals surface area contributed by atoms with E-state index in [0.717, 1.165) is 19.4 Å². The van der Waals surface area contributed by atoms with Crippen molar-refractivity contribution in [2.24, 2.45) is 17.4 Å². The van der Waals surface area contributed by atoms with Gasteiger partial charge >= 0.3 is 0 Å². The fraction of sp³-hybridized carbons (Fsp3) is 1.00. The zero-order valence-corrected chi connectivity index (χ0v) is 9.46. The second-order valence-corrected chi connectivity index (χ2v) is 4.46. The maximum atomic E-state index is 6.03. The molecule has 0 radical (unpaired) electrons. The largest absolute Gasteiger partial charge is 0.328 e. The normalized spacial score (nSPS) is 18.7. The van der Waals surface area contributed by atoms with Crippen molar-refractivity contribution in [1.82, 2.24) is 4.90 Å². The molecule has 0 bridgehead atoms. The van der Waals surface area contributed by atoms with E-state index >= 15 is 0 Å². The van der Waals surface area contributed by atoms with Crippen LogP contribution in [-0.4, -0.2) is 37.6 Å². The van der Waals surface area contributed by atoms with Crippen LogP contribution in [0.1, 0.15) is 26.7 Å². The lowest BCUT2D eigenvalue weighted by molar-refractivity contribution is 0.294. The number of rotatable bonds is 6. The molecule has 13 heavy (non-hydrogen) atoms. The molecule has 4 N–H and O–H groups in total. The Morgan fingerprint density at radius 1 is 1.08 bits per heavy atom. The van der Waals surface area contributed by atoms with Gasteiger partial charge in [0.25, 0.3) is 0 Å². The molecule has 0 aromatic heterocycles. The summed E-state index contributed by atoms with van der Waals surface area (Å²) in [5.41, 5.74) is 11.7. The topological polar surface area (TPSA) is 55.3 Å². The molecular weight excluding hydrogens is 162 g/mol. The fourth-order valence-electron chi connectivity index (χ4n) is 1.45. The Morgan fingerprint density at radius 3 is 2.00 bits per heavy atom. The quantitative estimate of drug-likeness (QED) is 0.641. The summed E-state index contributed by atoms with van der Waals surface area (Å²) in [7, 11) is 4.16. The lowest BCUT2D eigenvalue weighted by Gasteiger charge is -2.23. The summed E-state index contributed by atoms with van der Waals surface area (Å²) in [5.74, 6) is 0.550. The number of nitrogens with two attached hydrogens (primary N) is 2. The number of hydrogen-bond acceptors (Lipinski definition) is 3. The first kappa shape index (κ1) is 12.9. The lowest BCUT2D eigenvalue weighted by Crippen LogP contribution is -2.36. The monoisotopic (exact) mass is 187 g/mol. The molecule has 0 saturated carbocycles. The molecule has 0 fully saturated rings. The number of nitrogens with zero attached hydrogens (tertiary/aromatic N) is 1. The highest BCUT2D eigenvalue weighted by Crippen LogP contribution is 2.08. The van der Waals surface area contributed by atoms with Crippen LogP contribution in [0.3, 0.4) is 0 Å². The molecule has 80 valence electrons. The SMILES string of the molecule is CC(N)CCC(N)C(C)CN(C)C. The van der Waals surface area contributed by atoms with Crippen LogP contribution in [0.15, 0.2) is 0 Å². The highest BCUT2D eigenvalue weighted by Gasteiger charge is 2.13. The van der Waals surface area contributed by atoms with Crippen LogP contribution in [0.5, 0.6) is 0 Å². The predicted octanol–water partition coefficient (Wildman–Crippen LogP) is 0.639. The highest BCUT2D eigenvalue weighted by atomic mass is 15.1. The van der Waals surface area contributed by atoms with Gasteiger partial charge in [-0.05, 0) is 39.8 Å². The zero-order chi connectivity index (χ0) is 10.4. The summed E-state index contributed by atoms with van der Waals surface area (Å²) in [5, 5.41) is 0. The van der Waals surface area contributed by atoms with Crippen molar-refractivity contribution in [3.05, 3.63) is 0 Å². The van der Waals surface area contributed by atoms with E-state index in [1.165, 1.54) is 0 Å². The molecule has 3 nitrogen and oxygen atoms in total. The molecule has 0 aliphatic carbocycles. The van der Waals surface area contributed by atoms with E-state index in [9.17, 15) is 0 Å². The average Bonchev–Trinajstić information content (AvgIpc) is 1.98. The van der Waals surface area contributed by atoms with Gasteiger partial charge in [-0.25, -0.2) is 0 Å². The van der Waals surface area contributed by atoms with Crippen LogP contribution in [0.2, 0.25) is 0 Å². The Labute approximate surface area is 82.5 Å². The van der Waals surface area contributed by atoms with Gasteiger partial charge < -0.3 is 16.4 Å². The van der Waals surface area contributed by atoms with Gasteiger partial charge in [-0.15, -0.1) is 0 Å². The Balaban J connectivity index is 3.62. The van der Waals surface area contributed by atoms with Crippen LogP contribution < -0.4 is 11.5 Å². The van der Waals surface area contributed by atoms with Crippen LogP contribution in [-0.2, 0) is 0 Å². The second kappa shape index (κ2) is 6.35. The maximum Gasteiger partial charge on any atom is 0.00772 e. The summed E-state index contributed by atoms with van der Waals surface area (Å²) in [6, 6.07) is 0.561. The smallest absolute Gasteiger partial charge is 0.00772 e. The van der Waals surface area contributed by atoms with Gasteiger partial charge in [-0.1, -0.05) is 6.92 Å². The van der Waals surface area contributed by atoms with Gasteiger partial charge in [0.2, 0.25) is 0 Å². The minimum Gasteiger partial charge on any atom is -0.328 e. The third-order valence-electron chi connectivity index (χ3n) is 2.34. The van der Waals surface area contributed by atoms with Gasteiger partial charge in [0.15, 0.2) is 0 Å². The van der Waals surface area contributed by atoms with Crippen LogP contribution >= 0.6 is 0 Å². The van der Waals surface area contributed by atoms with E-state index in [1.54, 1.807) is 0 Å². The first-order chi connectivity index (χ1) is 5.93. The first-order valence-corrected chi connectivity index (χ1v) is 5.09. The molecule has 0 aromatic rings. The second-order valence-electron chi connectivity index (χ2n) is 4.46.